The smallest absolute Gasteiger partial charge is 0.271 e. The van der Waals surface area contributed by atoms with Crippen LogP contribution in [0.15, 0.2) is 41.3 Å². The summed E-state index contributed by atoms with van der Waals surface area (Å²) in [6.45, 7) is 0.316. The van der Waals surface area contributed by atoms with Gasteiger partial charge in [-0.15, -0.1) is 0 Å². The van der Waals surface area contributed by atoms with Gasteiger partial charge in [-0.05, 0) is 11.6 Å². The number of aliphatic hydroxyl groups is 1. The summed E-state index contributed by atoms with van der Waals surface area (Å²) >= 11 is 6.31. The van der Waals surface area contributed by atoms with Crippen molar-refractivity contribution in [3.63, 3.8) is 0 Å². The van der Waals surface area contributed by atoms with E-state index in [1.807, 2.05) is 6.07 Å². The predicted molar refractivity (Wildman–Crippen MR) is 95.7 cm³/mol. The Morgan fingerprint density at radius 3 is 2.88 bits per heavy atom. The highest BCUT2D eigenvalue weighted by molar-refractivity contribution is 6.31. The minimum absolute atomic E-state index is 0.124. The molecule has 1 aromatic heterocycles. The van der Waals surface area contributed by atoms with Crippen molar-refractivity contribution < 1.29 is 19.4 Å². The third-order valence-electron chi connectivity index (χ3n) is 4.34. The number of hydrogen-bond donors (Lipinski definition) is 2. The van der Waals surface area contributed by atoms with Crippen LogP contribution in [-0.2, 0) is 4.74 Å². The number of rotatable bonds is 4. The average Bonchev–Trinajstić information content (AvgIpc) is 2.67. The number of hydrogen-bond acceptors (Lipinski definition) is 5. The number of aromatic amines is 1. The molecule has 0 unspecified atom stereocenters. The molecule has 1 aliphatic heterocycles. The summed E-state index contributed by atoms with van der Waals surface area (Å²) in [5, 5.41) is 10.2. The van der Waals surface area contributed by atoms with Crippen LogP contribution in [0, 0.1) is 0 Å². The zero-order chi connectivity index (χ0) is 18.7. The SMILES string of the molecule is COc1c[nH]c(C(=O)N2CCO[C@@H](CO)[C@@H]2c2ccccc2Cl)cc1=O. The molecule has 1 fully saturated rings. The first-order valence-electron chi connectivity index (χ1n) is 8.11. The molecule has 0 spiro atoms. The minimum Gasteiger partial charge on any atom is -0.491 e. The zero-order valence-corrected chi connectivity index (χ0v) is 14.9. The lowest BCUT2D eigenvalue weighted by Gasteiger charge is -2.41. The van der Waals surface area contributed by atoms with Gasteiger partial charge in [0.05, 0.1) is 26.4 Å². The number of halogens is 1. The Hall–Kier alpha value is -2.35. The normalized spacial score (nSPS) is 20.0. The molecule has 1 aromatic carbocycles. The van der Waals surface area contributed by atoms with Gasteiger partial charge in [0.25, 0.3) is 5.91 Å². The number of nitrogens with one attached hydrogen (secondary N) is 1. The third-order valence-corrected chi connectivity index (χ3v) is 4.69. The maximum Gasteiger partial charge on any atom is 0.271 e. The Bertz CT molecular complexity index is 853. The molecule has 138 valence electrons. The van der Waals surface area contributed by atoms with E-state index >= 15 is 0 Å². The summed E-state index contributed by atoms with van der Waals surface area (Å²) in [5.41, 5.74) is 0.416. The number of aliphatic hydroxyl groups excluding tert-OH is 1. The number of amides is 1. The molecule has 0 bridgehead atoms. The Morgan fingerprint density at radius 2 is 2.23 bits per heavy atom. The molecule has 0 saturated carbocycles. The minimum atomic E-state index is -0.613. The van der Waals surface area contributed by atoms with Crippen molar-refractivity contribution in [2.24, 2.45) is 0 Å². The number of carbonyl (C=O) groups is 1. The van der Waals surface area contributed by atoms with Crippen LogP contribution in [0.2, 0.25) is 5.02 Å². The summed E-state index contributed by atoms with van der Waals surface area (Å²) in [4.78, 5) is 29.4. The fourth-order valence-electron chi connectivity index (χ4n) is 3.09. The summed E-state index contributed by atoms with van der Waals surface area (Å²) in [7, 11) is 1.38. The summed E-state index contributed by atoms with van der Waals surface area (Å²) in [6, 6.07) is 7.74. The van der Waals surface area contributed by atoms with E-state index in [-0.39, 0.29) is 30.6 Å². The van der Waals surface area contributed by atoms with Gasteiger partial charge >= 0.3 is 0 Å². The van der Waals surface area contributed by atoms with Crippen molar-refractivity contribution in [1.29, 1.82) is 0 Å². The highest BCUT2D eigenvalue weighted by atomic mass is 35.5. The van der Waals surface area contributed by atoms with Crippen molar-refractivity contribution in [3.8, 4) is 5.75 Å². The van der Waals surface area contributed by atoms with E-state index in [2.05, 4.69) is 4.98 Å². The molecule has 2 N–H and O–H groups in total. The number of aromatic nitrogens is 1. The van der Waals surface area contributed by atoms with Crippen LogP contribution in [0.25, 0.3) is 0 Å². The molecule has 2 heterocycles. The Labute approximate surface area is 155 Å². The van der Waals surface area contributed by atoms with Gasteiger partial charge in [0.1, 0.15) is 11.8 Å². The summed E-state index contributed by atoms with van der Waals surface area (Å²) < 4.78 is 10.6. The number of methoxy groups -OCH3 is 1. The first-order valence-corrected chi connectivity index (χ1v) is 8.49. The Kier molecular flexibility index (Phi) is 5.61. The molecule has 1 aliphatic rings. The number of nitrogens with zero attached hydrogens (tertiary/aromatic N) is 1. The van der Waals surface area contributed by atoms with E-state index in [0.717, 1.165) is 0 Å². The van der Waals surface area contributed by atoms with Crippen LogP contribution < -0.4 is 10.2 Å². The van der Waals surface area contributed by atoms with Crippen LogP contribution in [0.5, 0.6) is 5.75 Å². The largest absolute Gasteiger partial charge is 0.491 e. The zero-order valence-electron chi connectivity index (χ0n) is 14.1. The highest BCUT2D eigenvalue weighted by Crippen LogP contribution is 2.34. The van der Waals surface area contributed by atoms with E-state index in [4.69, 9.17) is 21.1 Å². The van der Waals surface area contributed by atoms with E-state index in [1.165, 1.54) is 19.4 Å². The number of pyridine rings is 1. The number of ether oxygens (including phenoxy) is 2. The molecule has 1 amide bonds. The topological polar surface area (TPSA) is 91.9 Å². The molecule has 8 heteroatoms. The van der Waals surface area contributed by atoms with Gasteiger partial charge in [-0.2, -0.15) is 0 Å². The molecular formula is C18H19ClN2O5. The molecule has 7 nitrogen and oxygen atoms in total. The Morgan fingerprint density at radius 1 is 1.46 bits per heavy atom. The van der Waals surface area contributed by atoms with Crippen molar-refractivity contribution in [1.82, 2.24) is 9.88 Å². The average molecular weight is 379 g/mol. The van der Waals surface area contributed by atoms with Crippen LogP contribution >= 0.6 is 11.6 Å². The molecule has 2 aromatic rings. The van der Waals surface area contributed by atoms with E-state index in [9.17, 15) is 14.7 Å². The monoisotopic (exact) mass is 378 g/mol. The van der Waals surface area contributed by atoms with Gasteiger partial charge in [0.2, 0.25) is 5.43 Å². The van der Waals surface area contributed by atoms with Crippen molar-refractivity contribution in [2.75, 3.05) is 26.9 Å². The molecule has 1 saturated heterocycles. The van der Waals surface area contributed by atoms with Gasteiger partial charge < -0.3 is 24.5 Å². The number of benzene rings is 1. The van der Waals surface area contributed by atoms with Gasteiger partial charge in [-0.1, -0.05) is 29.8 Å². The fourth-order valence-corrected chi connectivity index (χ4v) is 3.34. The molecule has 26 heavy (non-hydrogen) atoms. The highest BCUT2D eigenvalue weighted by Gasteiger charge is 2.37. The molecule has 0 radical (unpaired) electrons. The van der Waals surface area contributed by atoms with Gasteiger partial charge in [-0.25, -0.2) is 0 Å². The summed E-state index contributed by atoms with van der Waals surface area (Å²) in [6.07, 6.45) is 0.738. The van der Waals surface area contributed by atoms with Gasteiger partial charge in [-0.3, -0.25) is 9.59 Å². The lowest BCUT2D eigenvalue weighted by Crippen LogP contribution is -2.49. The van der Waals surface area contributed by atoms with Crippen LogP contribution in [0.4, 0.5) is 0 Å². The fraction of sp³-hybridized carbons (Fsp3) is 0.333. The quantitative estimate of drug-likeness (QED) is 0.843. The first-order chi connectivity index (χ1) is 12.6. The lowest BCUT2D eigenvalue weighted by molar-refractivity contribution is -0.0812. The second-order valence-corrected chi connectivity index (χ2v) is 6.24. The molecular weight excluding hydrogens is 360 g/mol. The number of morpholine rings is 1. The number of H-pyrrole nitrogens is 1. The standard InChI is InChI=1S/C18H19ClN2O5/c1-25-15-9-20-13(8-14(15)23)18(24)21-6-7-26-16(10-22)17(21)11-4-2-3-5-12(11)19/h2-5,8-9,16-17,22H,6-7,10H2,1H3,(H,20,23)/t16-,17-/m0/s1. The molecule has 3 rings (SSSR count). The lowest BCUT2D eigenvalue weighted by atomic mass is 9.97. The van der Waals surface area contributed by atoms with Crippen LogP contribution in [0.3, 0.4) is 0 Å². The Balaban J connectivity index is 2.00. The van der Waals surface area contributed by atoms with Gasteiger partial charge in [0.15, 0.2) is 5.75 Å². The van der Waals surface area contributed by atoms with E-state index in [1.54, 1.807) is 23.1 Å². The molecule has 0 aliphatic carbocycles. The van der Waals surface area contributed by atoms with Crippen LogP contribution in [0.1, 0.15) is 22.1 Å². The van der Waals surface area contributed by atoms with Gasteiger partial charge in [0, 0.05) is 23.8 Å². The maximum absolute atomic E-state index is 13.0. The van der Waals surface area contributed by atoms with E-state index < -0.39 is 17.6 Å². The van der Waals surface area contributed by atoms with E-state index in [0.29, 0.717) is 17.1 Å². The van der Waals surface area contributed by atoms with Crippen molar-refractivity contribution in [3.05, 3.63) is 63.0 Å². The predicted octanol–water partition coefficient (Wildman–Crippen LogP) is 1.61. The second-order valence-electron chi connectivity index (χ2n) is 5.84. The summed E-state index contributed by atoms with van der Waals surface area (Å²) in [5.74, 6) is -0.254. The van der Waals surface area contributed by atoms with Crippen LogP contribution in [-0.4, -0.2) is 53.9 Å². The third kappa shape index (κ3) is 3.46. The van der Waals surface area contributed by atoms with Crippen molar-refractivity contribution >= 4 is 17.5 Å². The second kappa shape index (κ2) is 7.90. The number of carbonyl (C=O) groups excluding carboxylic acids is 1. The maximum atomic E-state index is 13.0. The van der Waals surface area contributed by atoms with Crippen molar-refractivity contribution in [2.45, 2.75) is 12.1 Å². The first kappa shape index (κ1) is 18.4. The molecule has 2 atom stereocenters.